The average Bonchev–Trinajstić information content (AvgIpc) is 2.82. The topological polar surface area (TPSA) is 40.5 Å². The first-order valence-corrected chi connectivity index (χ1v) is 7.06. The van der Waals surface area contributed by atoms with Crippen LogP contribution in [0.5, 0.6) is 0 Å². The Kier molecular flexibility index (Phi) is 4.40. The molecule has 116 valence electrons. The van der Waals surface area contributed by atoms with Crippen LogP contribution < -0.4 is 0 Å². The molecule has 4 nitrogen and oxygen atoms in total. The van der Waals surface area contributed by atoms with E-state index in [9.17, 15) is 4.79 Å². The van der Waals surface area contributed by atoms with Crippen LogP contribution in [0.1, 0.15) is 26.3 Å². The monoisotopic (exact) mass is 299 g/mol. The molecule has 0 aliphatic rings. The van der Waals surface area contributed by atoms with E-state index in [-0.39, 0.29) is 0 Å². The van der Waals surface area contributed by atoms with Crippen LogP contribution in [0.2, 0.25) is 0 Å². The highest BCUT2D eigenvalue weighted by atomic mass is 16.6. The van der Waals surface area contributed by atoms with Crippen molar-refractivity contribution in [3.8, 4) is 0 Å². The van der Waals surface area contributed by atoms with Crippen molar-refractivity contribution in [3.63, 3.8) is 0 Å². The number of ether oxygens (including phenoxy) is 2. The Hall–Kier alpha value is -2.49. The number of nitrogens with zero attached hydrogens (tertiary/aromatic N) is 1. The third-order valence-corrected chi connectivity index (χ3v) is 3.08. The van der Waals surface area contributed by atoms with Gasteiger partial charge in [0.2, 0.25) is 0 Å². The third-order valence-electron chi connectivity index (χ3n) is 3.08. The molecule has 2 aromatic rings. The minimum absolute atomic E-state index is 0.407. The zero-order valence-electron chi connectivity index (χ0n) is 13.4. The summed E-state index contributed by atoms with van der Waals surface area (Å²) >= 11 is 0. The molecule has 0 aliphatic heterocycles. The molecule has 0 atom stereocenters. The van der Waals surface area contributed by atoms with Crippen molar-refractivity contribution in [3.05, 3.63) is 54.9 Å². The molecule has 0 fully saturated rings. The molecule has 0 spiro atoms. The van der Waals surface area contributed by atoms with Crippen LogP contribution >= 0.6 is 0 Å². The predicted octanol–water partition coefficient (Wildman–Crippen LogP) is 4.60. The van der Waals surface area contributed by atoms with Gasteiger partial charge in [-0.2, -0.15) is 0 Å². The Morgan fingerprint density at radius 2 is 1.95 bits per heavy atom. The van der Waals surface area contributed by atoms with Gasteiger partial charge in [0.1, 0.15) is 5.60 Å². The molecule has 0 N–H and O–H groups in total. The van der Waals surface area contributed by atoms with Crippen molar-refractivity contribution in [1.82, 2.24) is 4.57 Å². The second kappa shape index (κ2) is 6.10. The number of methoxy groups -OCH3 is 1. The fraction of sp³-hybridized carbons (Fsp3) is 0.278. The summed E-state index contributed by atoms with van der Waals surface area (Å²) in [7, 11) is 1.58. The maximum absolute atomic E-state index is 12.4. The number of carbonyl (C=O) groups is 1. The lowest BCUT2D eigenvalue weighted by Crippen LogP contribution is -2.26. The van der Waals surface area contributed by atoms with Gasteiger partial charge in [-0.1, -0.05) is 30.9 Å². The molecule has 0 unspecified atom stereocenters. The number of para-hydroxylation sites is 1. The highest BCUT2D eigenvalue weighted by Crippen LogP contribution is 2.28. The summed E-state index contributed by atoms with van der Waals surface area (Å²) in [6.45, 7) is 9.34. The molecule has 2 rings (SSSR count). The summed E-state index contributed by atoms with van der Waals surface area (Å²) in [5, 5.41) is 0.941. The number of allylic oxidation sites excluding steroid dienone is 2. The first-order valence-electron chi connectivity index (χ1n) is 7.06. The smallest absolute Gasteiger partial charge is 0.419 e. The first-order chi connectivity index (χ1) is 10.4. The Morgan fingerprint density at radius 1 is 1.27 bits per heavy atom. The first kappa shape index (κ1) is 15.9. The van der Waals surface area contributed by atoms with E-state index in [0.717, 1.165) is 22.0 Å². The molecule has 1 aromatic carbocycles. The summed E-state index contributed by atoms with van der Waals surface area (Å²) in [6.07, 6.45) is 4.65. The predicted molar refractivity (Wildman–Crippen MR) is 88.8 cm³/mol. The number of hydrogen-bond donors (Lipinski definition) is 0. The molecule has 0 saturated carbocycles. The summed E-state index contributed by atoms with van der Waals surface area (Å²) in [5.41, 5.74) is 1.92. The molecule has 22 heavy (non-hydrogen) atoms. The lowest BCUT2D eigenvalue weighted by Gasteiger charge is -2.19. The van der Waals surface area contributed by atoms with E-state index in [2.05, 4.69) is 6.58 Å². The lowest BCUT2D eigenvalue weighted by atomic mass is 10.1. The van der Waals surface area contributed by atoms with E-state index < -0.39 is 11.7 Å². The zero-order chi connectivity index (χ0) is 16.3. The normalized spacial score (nSPS) is 12.3. The number of rotatable bonds is 3. The zero-order valence-corrected chi connectivity index (χ0v) is 13.4. The van der Waals surface area contributed by atoms with Gasteiger partial charge in [-0.3, -0.25) is 4.57 Å². The Morgan fingerprint density at radius 3 is 2.55 bits per heavy atom. The Labute approximate surface area is 130 Å². The maximum Gasteiger partial charge on any atom is 0.419 e. The van der Waals surface area contributed by atoms with Gasteiger partial charge in [0.15, 0.2) is 0 Å². The number of hydrogen-bond acceptors (Lipinski definition) is 3. The molecule has 0 saturated heterocycles. The maximum atomic E-state index is 12.4. The second-order valence-electron chi connectivity index (χ2n) is 5.92. The van der Waals surface area contributed by atoms with Crippen molar-refractivity contribution >= 4 is 22.6 Å². The fourth-order valence-electron chi connectivity index (χ4n) is 2.22. The molecular formula is C18H21NO3. The molecule has 0 bridgehead atoms. The van der Waals surface area contributed by atoms with Crippen LogP contribution in [0.25, 0.3) is 16.5 Å². The molecular weight excluding hydrogens is 278 g/mol. The molecule has 0 radical (unpaired) electrons. The van der Waals surface area contributed by atoms with E-state index in [0.29, 0.717) is 0 Å². The van der Waals surface area contributed by atoms with Crippen LogP contribution in [0, 0.1) is 0 Å². The van der Waals surface area contributed by atoms with Gasteiger partial charge in [0.05, 0.1) is 18.9 Å². The number of fused-ring (bicyclic) bond motifs is 1. The fourth-order valence-corrected chi connectivity index (χ4v) is 2.22. The van der Waals surface area contributed by atoms with Gasteiger partial charge in [0, 0.05) is 22.7 Å². The van der Waals surface area contributed by atoms with Crippen molar-refractivity contribution in [2.24, 2.45) is 0 Å². The van der Waals surface area contributed by atoms with Crippen molar-refractivity contribution in [1.29, 1.82) is 0 Å². The quantitative estimate of drug-likeness (QED) is 0.614. The van der Waals surface area contributed by atoms with Gasteiger partial charge >= 0.3 is 6.09 Å². The summed E-state index contributed by atoms with van der Waals surface area (Å²) in [4.78, 5) is 12.4. The standard InChI is InChI=1S/C18H21NO3/c1-6-13(12-21-5)15-11-19(17(20)22-18(2,3)4)16-10-8-7-9-14(15)16/h6-12H,1H2,2-5H3/b13-12+. The minimum atomic E-state index is -0.549. The van der Waals surface area contributed by atoms with E-state index in [1.54, 1.807) is 25.6 Å². The van der Waals surface area contributed by atoms with Crippen LogP contribution in [-0.2, 0) is 9.47 Å². The van der Waals surface area contributed by atoms with Gasteiger partial charge in [-0.05, 0) is 26.8 Å². The summed E-state index contributed by atoms with van der Waals surface area (Å²) < 4.78 is 12.1. The third kappa shape index (κ3) is 3.22. The summed E-state index contributed by atoms with van der Waals surface area (Å²) in [6, 6.07) is 7.66. The minimum Gasteiger partial charge on any atom is -0.504 e. The number of aromatic nitrogens is 1. The van der Waals surface area contributed by atoms with E-state index in [4.69, 9.17) is 9.47 Å². The van der Waals surface area contributed by atoms with Crippen molar-refractivity contribution in [2.75, 3.05) is 7.11 Å². The SMILES string of the molecule is C=C/C(=C\OC)c1cn(C(=O)OC(C)(C)C)c2ccccc12. The Bertz CT molecular complexity index is 732. The number of carbonyl (C=O) groups excluding carboxylic acids is 1. The van der Waals surface area contributed by atoms with Crippen molar-refractivity contribution < 1.29 is 14.3 Å². The highest BCUT2D eigenvalue weighted by Gasteiger charge is 2.21. The van der Waals surface area contributed by atoms with Gasteiger partial charge in [-0.15, -0.1) is 0 Å². The van der Waals surface area contributed by atoms with Crippen molar-refractivity contribution in [2.45, 2.75) is 26.4 Å². The molecule has 1 heterocycles. The number of benzene rings is 1. The van der Waals surface area contributed by atoms with E-state index >= 15 is 0 Å². The largest absolute Gasteiger partial charge is 0.504 e. The van der Waals surface area contributed by atoms with E-state index in [1.807, 2.05) is 45.0 Å². The average molecular weight is 299 g/mol. The van der Waals surface area contributed by atoms with Crippen LogP contribution in [0.15, 0.2) is 49.4 Å². The van der Waals surface area contributed by atoms with Crippen LogP contribution in [-0.4, -0.2) is 23.4 Å². The van der Waals surface area contributed by atoms with Crippen LogP contribution in [0.3, 0.4) is 0 Å². The molecule has 0 amide bonds. The lowest BCUT2D eigenvalue weighted by molar-refractivity contribution is 0.0544. The molecule has 4 heteroatoms. The molecule has 0 aliphatic carbocycles. The van der Waals surface area contributed by atoms with E-state index in [1.165, 1.54) is 4.57 Å². The highest BCUT2D eigenvalue weighted by molar-refractivity contribution is 5.99. The van der Waals surface area contributed by atoms with Gasteiger partial charge in [0.25, 0.3) is 0 Å². The Balaban J connectivity index is 2.60. The van der Waals surface area contributed by atoms with Gasteiger partial charge in [-0.25, -0.2) is 4.79 Å². The second-order valence-corrected chi connectivity index (χ2v) is 5.92. The summed E-state index contributed by atoms with van der Waals surface area (Å²) in [5.74, 6) is 0. The van der Waals surface area contributed by atoms with Gasteiger partial charge < -0.3 is 9.47 Å². The molecule has 1 aromatic heterocycles. The van der Waals surface area contributed by atoms with Crippen LogP contribution in [0.4, 0.5) is 4.79 Å².